The van der Waals surface area contributed by atoms with Crippen molar-refractivity contribution in [1.82, 2.24) is 9.55 Å². The van der Waals surface area contributed by atoms with Gasteiger partial charge in [0.05, 0.1) is 6.33 Å². The molecule has 1 heterocycles. The first kappa shape index (κ1) is 20.8. The van der Waals surface area contributed by atoms with Gasteiger partial charge in [0, 0.05) is 18.1 Å². The molecule has 1 aromatic heterocycles. The monoisotopic (exact) mass is 431 g/mol. The van der Waals surface area contributed by atoms with Gasteiger partial charge in [0.15, 0.2) is 0 Å². The van der Waals surface area contributed by atoms with Gasteiger partial charge in [0.1, 0.15) is 0 Å². The van der Waals surface area contributed by atoms with Crippen molar-refractivity contribution in [3.05, 3.63) is 78.9 Å². The Morgan fingerprint density at radius 1 is 0.958 bits per heavy atom. The zero-order valence-corrected chi connectivity index (χ0v) is 17.0. The number of rotatable bonds is 2. The van der Waals surface area contributed by atoms with E-state index in [0.29, 0.717) is 0 Å². The summed E-state index contributed by atoms with van der Waals surface area (Å²) in [7, 11) is 0. The van der Waals surface area contributed by atoms with Crippen molar-refractivity contribution in [2.75, 3.05) is 0 Å². The van der Waals surface area contributed by atoms with Crippen molar-refractivity contribution >= 4 is 10.8 Å². The molecule has 0 bridgehead atoms. The molecule has 5 heteroatoms. The maximum absolute atomic E-state index is 4.18. The molecule has 119 valence electrons. The van der Waals surface area contributed by atoms with Gasteiger partial charge < -0.3 is 29.4 Å². The number of fused-ring (bicyclic) bond motifs is 1. The number of aryl methyl sites for hydroxylation is 1. The van der Waals surface area contributed by atoms with Crippen LogP contribution in [0.1, 0.15) is 5.56 Å². The van der Waals surface area contributed by atoms with E-state index in [0.717, 1.165) is 0 Å². The average molecular weight is 433 g/mol. The minimum absolute atomic E-state index is 0. The van der Waals surface area contributed by atoms with Crippen LogP contribution < -0.4 is 24.8 Å². The van der Waals surface area contributed by atoms with Crippen LogP contribution in [0.2, 0.25) is 0 Å². The van der Waals surface area contributed by atoms with E-state index in [-0.39, 0.29) is 51.0 Å². The van der Waals surface area contributed by atoms with Gasteiger partial charge in [-0.15, -0.1) is 28.5 Å². The topological polar surface area (TPSA) is 17.8 Å². The average Bonchev–Trinajstić information content (AvgIpc) is 3.15. The number of hydrogen-bond donors (Lipinski definition) is 0. The number of nitrogens with zero attached hydrogens (tertiary/aromatic N) is 2. The fourth-order valence-electron chi connectivity index (χ4n) is 2.86. The molecule has 24 heavy (non-hydrogen) atoms. The normalized spacial score (nSPS) is 9.71. The molecule has 0 unspecified atom stereocenters. The SMILES string of the molecule is Cc1cc2c(-n3ccnc3)cc(-c3ccccc3)cc2[cH-]1.[Cl-].[Cl-].[Zr+3]. The van der Waals surface area contributed by atoms with Crippen molar-refractivity contribution in [3.63, 3.8) is 0 Å². The van der Waals surface area contributed by atoms with Gasteiger partial charge in [-0.1, -0.05) is 42.8 Å². The molecule has 0 N–H and O–H groups in total. The van der Waals surface area contributed by atoms with Crippen LogP contribution in [0.4, 0.5) is 0 Å². The minimum atomic E-state index is 0. The third kappa shape index (κ3) is 3.86. The summed E-state index contributed by atoms with van der Waals surface area (Å²) in [5, 5.41) is 2.54. The zero-order valence-electron chi connectivity index (χ0n) is 13.1. The Labute approximate surface area is 173 Å². The van der Waals surface area contributed by atoms with Gasteiger partial charge in [-0.3, -0.25) is 0 Å². The van der Waals surface area contributed by atoms with Crippen LogP contribution in [0.5, 0.6) is 0 Å². The molecule has 3 aromatic carbocycles. The molecule has 1 radical (unpaired) electrons. The van der Waals surface area contributed by atoms with Gasteiger partial charge >= 0.3 is 26.2 Å². The number of benzene rings is 2. The predicted molar refractivity (Wildman–Crippen MR) is 86.8 cm³/mol. The summed E-state index contributed by atoms with van der Waals surface area (Å²) in [4.78, 5) is 4.18. The first-order chi connectivity index (χ1) is 10.3. The predicted octanol–water partition coefficient (Wildman–Crippen LogP) is -1.27. The molecule has 0 amide bonds. The Morgan fingerprint density at radius 3 is 2.38 bits per heavy atom. The van der Waals surface area contributed by atoms with E-state index in [2.05, 4.69) is 65.0 Å². The van der Waals surface area contributed by atoms with Crippen LogP contribution in [0.3, 0.4) is 0 Å². The molecular weight excluding hydrogens is 418 g/mol. The van der Waals surface area contributed by atoms with E-state index in [4.69, 9.17) is 0 Å². The maximum Gasteiger partial charge on any atom is 3.00 e. The molecule has 2 nitrogen and oxygen atoms in total. The molecule has 0 aliphatic carbocycles. The van der Waals surface area contributed by atoms with Gasteiger partial charge in [0.25, 0.3) is 0 Å². The third-order valence-electron chi connectivity index (χ3n) is 3.84. The van der Waals surface area contributed by atoms with E-state index >= 15 is 0 Å². The van der Waals surface area contributed by atoms with Crippen molar-refractivity contribution in [3.8, 4) is 16.8 Å². The first-order valence-corrected chi connectivity index (χ1v) is 7.06. The molecule has 0 saturated carbocycles. The molecule has 0 aliphatic heterocycles. The Morgan fingerprint density at radius 2 is 1.71 bits per heavy atom. The molecule has 0 atom stereocenters. The maximum atomic E-state index is 4.18. The molecule has 0 spiro atoms. The van der Waals surface area contributed by atoms with Crippen LogP contribution >= 0.6 is 0 Å². The van der Waals surface area contributed by atoms with Crippen molar-refractivity contribution in [2.24, 2.45) is 0 Å². The second-order valence-corrected chi connectivity index (χ2v) is 5.37. The van der Waals surface area contributed by atoms with E-state index in [1.165, 1.54) is 33.2 Å². The van der Waals surface area contributed by atoms with Gasteiger partial charge in [-0.25, -0.2) is 4.98 Å². The summed E-state index contributed by atoms with van der Waals surface area (Å²) in [6.07, 6.45) is 5.66. The Kier molecular flexibility index (Phi) is 7.54. The van der Waals surface area contributed by atoms with Gasteiger partial charge in [-0.2, -0.15) is 6.07 Å². The fraction of sp³-hybridized carbons (Fsp3) is 0.0526. The summed E-state index contributed by atoms with van der Waals surface area (Å²) in [6.45, 7) is 2.14. The van der Waals surface area contributed by atoms with Crippen LogP contribution in [0.25, 0.3) is 27.6 Å². The summed E-state index contributed by atoms with van der Waals surface area (Å²) < 4.78 is 2.08. The van der Waals surface area contributed by atoms with Gasteiger partial charge in [0.2, 0.25) is 0 Å². The second-order valence-electron chi connectivity index (χ2n) is 5.37. The van der Waals surface area contributed by atoms with Crippen molar-refractivity contribution < 1.29 is 51.0 Å². The zero-order chi connectivity index (χ0) is 14.2. The van der Waals surface area contributed by atoms with Crippen LogP contribution in [0.15, 0.2) is 73.3 Å². The summed E-state index contributed by atoms with van der Waals surface area (Å²) in [5.41, 5.74) is 4.94. The van der Waals surface area contributed by atoms with Crippen LogP contribution in [0, 0.1) is 6.92 Å². The summed E-state index contributed by atoms with van der Waals surface area (Å²) >= 11 is 0. The summed E-state index contributed by atoms with van der Waals surface area (Å²) in [5.74, 6) is 0. The van der Waals surface area contributed by atoms with E-state index in [9.17, 15) is 0 Å². The van der Waals surface area contributed by atoms with Crippen molar-refractivity contribution in [2.45, 2.75) is 6.92 Å². The minimum Gasteiger partial charge on any atom is -1.00 e. The standard InChI is InChI=1S/C19H15N2.2ClH.Zr/c1-14-9-17-11-16(15-5-3-2-4-6-15)12-19(18(17)10-14)21-8-7-20-13-21;;;/h2-13H,1H3;2*1H;/q-1;;;+3/p-2. The fourth-order valence-corrected chi connectivity index (χ4v) is 2.86. The van der Waals surface area contributed by atoms with Crippen LogP contribution in [-0.4, -0.2) is 9.55 Å². The Hall–Kier alpha value is -1.28. The first-order valence-electron chi connectivity index (χ1n) is 7.06. The van der Waals surface area contributed by atoms with Crippen molar-refractivity contribution in [1.29, 1.82) is 0 Å². The van der Waals surface area contributed by atoms with Crippen LogP contribution in [-0.2, 0) is 26.2 Å². The Balaban J connectivity index is 0.000000960. The van der Waals surface area contributed by atoms with E-state index in [1.807, 2.05) is 24.8 Å². The van der Waals surface area contributed by atoms with Gasteiger partial charge in [-0.05, 0) is 11.6 Å². The second kappa shape index (κ2) is 8.71. The third-order valence-corrected chi connectivity index (χ3v) is 3.84. The number of halogens is 2. The number of hydrogen-bond acceptors (Lipinski definition) is 1. The molecule has 0 fully saturated rings. The van der Waals surface area contributed by atoms with E-state index in [1.54, 1.807) is 0 Å². The smallest absolute Gasteiger partial charge is 1.00 e. The molecular formula is C19H15Cl2N2Zr. The number of imidazole rings is 1. The molecule has 4 aromatic rings. The summed E-state index contributed by atoms with van der Waals surface area (Å²) in [6, 6.07) is 19.5. The number of aromatic nitrogens is 2. The molecule has 0 saturated heterocycles. The Bertz CT molecular complexity index is 900. The quantitative estimate of drug-likeness (QED) is 0.361. The van der Waals surface area contributed by atoms with E-state index < -0.39 is 0 Å². The largest absolute Gasteiger partial charge is 3.00 e. The molecule has 4 rings (SSSR count). The molecule has 0 aliphatic rings.